The van der Waals surface area contributed by atoms with Crippen molar-refractivity contribution >= 4 is 11.7 Å². The van der Waals surface area contributed by atoms with Gasteiger partial charge in [0.05, 0.1) is 11.7 Å². The highest BCUT2D eigenvalue weighted by Gasteiger charge is 2.41. The number of aromatic nitrogens is 1. The predicted molar refractivity (Wildman–Crippen MR) is 86.4 cm³/mol. The van der Waals surface area contributed by atoms with Crippen LogP contribution < -0.4 is 0 Å². The molecule has 3 rings (SSSR count). The maximum Gasteiger partial charge on any atom is 0.411 e. The number of pyridine rings is 1. The molecule has 5 nitrogen and oxygen atoms in total. The summed E-state index contributed by atoms with van der Waals surface area (Å²) in [6, 6.07) is 7.77. The van der Waals surface area contributed by atoms with E-state index in [1.165, 1.54) is 0 Å². The summed E-state index contributed by atoms with van der Waals surface area (Å²) in [5, 5.41) is 9.00. The van der Waals surface area contributed by atoms with Gasteiger partial charge in [-0.3, -0.25) is 4.90 Å². The number of carbonyl (C=O) groups is 1. The monoisotopic (exact) mass is 311 g/mol. The van der Waals surface area contributed by atoms with Crippen LogP contribution in [0.1, 0.15) is 51.4 Å². The first kappa shape index (κ1) is 15.5. The molecule has 0 saturated carbocycles. The van der Waals surface area contributed by atoms with Gasteiger partial charge in [-0.2, -0.15) is 5.26 Å². The average Bonchev–Trinajstić information content (AvgIpc) is 2.76. The Morgan fingerprint density at radius 2 is 2.17 bits per heavy atom. The van der Waals surface area contributed by atoms with E-state index in [2.05, 4.69) is 17.1 Å². The van der Waals surface area contributed by atoms with Crippen LogP contribution >= 0.6 is 0 Å². The molecule has 23 heavy (non-hydrogen) atoms. The van der Waals surface area contributed by atoms with Gasteiger partial charge in [0.1, 0.15) is 17.4 Å². The summed E-state index contributed by atoms with van der Waals surface area (Å²) in [6.45, 7) is 5.65. The zero-order valence-electron chi connectivity index (χ0n) is 13.7. The maximum absolute atomic E-state index is 12.4. The summed E-state index contributed by atoms with van der Waals surface area (Å²) in [5.74, 6) is 0. The Labute approximate surface area is 136 Å². The van der Waals surface area contributed by atoms with Gasteiger partial charge in [0, 0.05) is 6.04 Å². The number of rotatable bonds is 1. The molecule has 0 aliphatic carbocycles. The molecule has 2 aliphatic rings. The average molecular weight is 311 g/mol. The van der Waals surface area contributed by atoms with Crippen LogP contribution in [0, 0.1) is 11.3 Å². The SMILES string of the molecule is CC(C)(C)OC(=O)N1C2C=C(c3cccc(C#N)n3)CC1CC2. The molecule has 3 heterocycles. The van der Waals surface area contributed by atoms with Crippen LogP contribution in [-0.2, 0) is 4.74 Å². The van der Waals surface area contributed by atoms with E-state index in [1.54, 1.807) is 6.07 Å². The van der Waals surface area contributed by atoms with Crippen molar-refractivity contribution in [2.75, 3.05) is 0 Å². The van der Waals surface area contributed by atoms with Gasteiger partial charge < -0.3 is 4.74 Å². The fraction of sp³-hybridized carbons (Fsp3) is 0.500. The molecule has 0 spiro atoms. The minimum Gasteiger partial charge on any atom is -0.444 e. The lowest BCUT2D eigenvalue weighted by atomic mass is 9.98. The molecular formula is C18H21N3O2. The van der Waals surface area contributed by atoms with Crippen molar-refractivity contribution in [1.82, 2.24) is 9.88 Å². The molecule has 0 aromatic carbocycles. The maximum atomic E-state index is 12.4. The Balaban J connectivity index is 1.83. The molecule has 2 aliphatic heterocycles. The first-order valence-corrected chi connectivity index (χ1v) is 7.97. The lowest BCUT2D eigenvalue weighted by Crippen LogP contribution is -2.45. The number of nitrogens with zero attached hydrogens (tertiary/aromatic N) is 3. The van der Waals surface area contributed by atoms with Crippen molar-refractivity contribution in [3.63, 3.8) is 0 Å². The molecule has 120 valence electrons. The second-order valence-electron chi connectivity index (χ2n) is 7.10. The van der Waals surface area contributed by atoms with Crippen LogP contribution in [0.25, 0.3) is 5.57 Å². The van der Waals surface area contributed by atoms with E-state index in [1.807, 2.05) is 37.8 Å². The number of hydrogen-bond donors (Lipinski definition) is 0. The van der Waals surface area contributed by atoms with Crippen LogP contribution in [0.5, 0.6) is 0 Å². The van der Waals surface area contributed by atoms with Gasteiger partial charge >= 0.3 is 6.09 Å². The van der Waals surface area contributed by atoms with E-state index in [-0.39, 0.29) is 18.2 Å². The van der Waals surface area contributed by atoms with Crippen LogP contribution in [0.4, 0.5) is 4.79 Å². The molecule has 1 aromatic heterocycles. The largest absolute Gasteiger partial charge is 0.444 e. The highest BCUT2D eigenvalue weighted by atomic mass is 16.6. The van der Waals surface area contributed by atoms with Crippen molar-refractivity contribution in [2.24, 2.45) is 0 Å². The third-order valence-corrected chi connectivity index (χ3v) is 4.19. The third-order valence-electron chi connectivity index (χ3n) is 4.19. The van der Waals surface area contributed by atoms with Crippen LogP contribution in [0.15, 0.2) is 24.3 Å². The predicted octanol–water partition coefficient (Wildman–Crippen LogP) is 3.51. The minimum absolute atomic E-state index is 0.0612. The minimum atomic E-state index is -0.483. The first-order chi connectivity index (χ1) is 10.9. The van der Waals surface area contributed by atoms with Gasteiger partial charge in [-0.15, -0.1) is 0 Å². The second-order valence-corrected chi connectivity index (χ2v) is 7.10. The van der Waals surface area contributed by atoms with Gasteiger partial charge in [0.15, 0.2) is 0 Å². The number of carbonyl (C=O) groups excluding carboxylic acids is 1. The van der Waals surface area contributed by atoms with Crippen LogP contribution in [-0.4, -0.2) is 33.7 Å². The standard InChI is InChI=1S/C18H21N3O2/c1-18(2,3)23-17(22)21-14-7-8-15(21)10-12(9-14)16-6-4-5-13(11-19)20-16/h4-6,9,14-15H,7-8,10H2,1-3H3. The fourth-order valence-electron chi connectivity index (χ4n) is 3.30. The lowest BCUT2D eigenvalue weighted by Gasteiger charge is -2.35. The zero-order chi connectivity index (χ0) is 16.6. The molecule has 2 unspecified atom stereocenters. The molecule has 0 radical (unpaired) electrons. The van der Waals surface area contributed by atoms with Gasteiger partial charge in [0.2, 0.25) is 0 Å². The Morgan fingerprint density at radius 3 is 2.83 bits per heavy atom. The van der Waals surface area contributed by atoms with Crippen molar-refractivity contribution < 1.29 is 9.53 Å². The number of ether oxygens (including phenoxy) is 1. The van der Waals surface area contributed by atoms with Crippen molar-refractivity contribution in [2.45, 2.75) is 57.7 Å². The van der Waals surface area contributed by atoms with E-state index < -0.39 is 5.60 Å². The number of hydrogen-bond acceptors (Lipinski definition) is 4. The smallest absolute Gasteiger partial charge is 0.411 e. The summed E-state index contributed by atoms with van der Waals surface area (Å²) < 4.78 is 5.53. The highest BCUT2D eigenvalue weighted by molar-refractivity contribution is 5.74. The second kappa shape index (κ2) is 5.69. The van der Waals surface area contributed by atoms with Crippen molar-refractivity contribution in [3.8, 4) is 6.07 Å². The van der Waals surface area contributed by atoms with E-state index in [4.69, 9.17) is 10.00 Å². The molecule has 0 N–H and O–H groups in total. The first-order valence-electron chi connectivity index (χ1n) is 7.97. The van der Waals surface area contributed by atoms with Crippen LogP contribution in [0.3, 0.4) is 0 Å². The Morgan fingerprint density at radius 1 is 1.39 bits per heavy atom. The number of fused-ring (bicyclic) bond motifs is 2. The molecule has 2 bridgehead atoms. The highest BCUT2D eigenvalue weighted by Crippen LogP contribution is 2.38. The van der Waals surface area contributed by atoms with E-state index >= 15 is 0 Å². The lowest BCUT2D eigenvalue weighted by molar-refractivity contribution is 0.0175. The molecule has 2 atom stereocenters. The number of nitriles is 1. The van der Waals surface area contributed by atoms with E-state index in [0.717, 1.165) is 30.5 Å². The summed E-state index contributed by atoms with van der Waals surface area (Å²) >= 11 is 0. The zero-order valence-corrected chi connectivity index (χ0v) is 13.7. The van der Waals surface area contributed by atoms with Crippen LogP contribution in [0.2, 0.25) is 0 Å². The van der Waals surface area contributed by atoms with Gasteiger partial charge in [-0.05, 0) is 57.7 Å². The van der Waals surface area contributed by atoms with Crippen molar-refractivity contribution in [1.29, 1.82) is 5.26 Å². The topological polar surface area (TPSA) is 66.2 Å². The molecule has 1 amide bonds. The molecular weight excluding hydrogens is 290 g/mol. The number of amides is 1. The summed E-state index contributed by atoms with van der Waals surface area (Å²) in [7, 11) is 0. The molecule has 1 saturated heterocycles. The Kier molecular flexibility index (Phi) is 3.85. The Bertz CT molecular complexity index is 697. The summed E-state index contributed by atoms with van der Waals surface area (Å²) in [5.41, 5.74) is 1.90. The molecule has 1 fully saturated rings. The normalized spacial score (nSPS) is 23.2. The van der Waals surface area contributed by atoms with Gasteiger partial charge in [0.25, 0.3) is 0 Å². The van der Waals surface area contributed by atoms with Crippen molar-refractivity contribution in [3.05, 3.63) is 35.7 Å². The third kappa shape index (κ3) is 3.21. The molecule has 5 heteroatoms. The quantitative estimate of drug-likeness (QED) is 0.796. The fourth-order valence-corrected chi connectivity index (χ4v) is 3.30. The van der Waals surface area contributed by atoms with Gasteiger partial charge in [-0.1, -0.05) is 12.1 Å². The summed E-state index contributed by atoms with van der Waals surface area (Å²) in [4.78, 5) is 18.7. The van der Waals surface area contributed by atoms with E-state index in [9.17, 15) is 4.79 Å². The summed E-state index contributed by atoms with van der Waals surface area (Å²) in [6.07, 6.45) is 4.56. The Hall–Kier alpha value is -2.35. The van der Waals surface area contributed by atoms with E-state index in [0.29, 0.717) is 5.69 Å². The molecule has 1 aromatic rings. The van der Waals surface area contributed by atoms with Gasteiger partial charge in [-0.25, -0.2) is 9.78 Å².